The Morgan fingerprint density at radius 2 is 1.96 bits per heavy atom. The Balaban J connectivity index is 1.69. The minimum atomic E-state index is -0.257. The number of aromatic amines is 1. The van der Waals surface area contributed by atoms with Crippen molar-refractivity contribution in [1.82, 2.24) is 10.3 Å². The molecule has 124 valence electrons. The number of H-pyrrole nitrogens is 1. The molecule has 0 bridgehead atoms. The van der Waals surface area contributed by atoms with Crippen molar-refractivity contribution in [3.8, 4) is 5.75 Å². The summed E-state index contributed by atoms with van der Waals surface area (Å²) in [6, 6.07) is 12.0. The van der Waals surface area contributed by atoms with E-state index >= 15 is 0 Å². The Labute approximate surface area is 139 Å². The summed E-state index contributed by atoms with van der Waals surface area (Å²) >= 11 is 0. The second-order valence-electron chi connectivity index (χ2n) is 5.67. The van der Waals surface area contributed by atoms with E-state index in [0.717, 1.165) is 27.8 Å². The number of carbonyl (C=O) groups excluding carboxylic acids is 1. The van der Waals surface area contributed by atoms with Crippen LogP contribution in [0, 0.1) is 12.7 Å². The van der Waals surface area contributed by atoms with Crippen LogP contribution in [-0.4, -0.2) is 24.5 Å². The Bertz CT molecular complexity index is 869. The molecule has 3 rings (SSSR count). The Morgan fingerprint density at radius 1 is 1.21 bits per heavy atom. The van der Waals surface area contributed by atoms with Gasteiger partial charge in [-0.2, -0.15) is 0 Å². The van der Waals surface area contributed by atoms with Crippen molar-refractivity contribution >= 4 is 16.8 Å². The number of hydrogen-bond donors (Lipinski definition) is 2. The maximum absolute atomic E-state index is 12.9. The Kier molecular flexibility index (Phi) is 4.51. The summed E-state index contributed by atoms with van der Waals surface area (Å²) in [4.78, 5) is 15.6. The highest BCUT2D eigenvalue weighted by Crippen LogP contribution is 2.25. The normalized spacial score (nSPS) is 10.8. The fourth-order valence-corrected chi connectivity index (χ4v) is 2.72. The number of benzene rings is 2. The molecule has 0 saturated carbocycles. The third-order valence-electron chi connectivity index (χ3n) is 4.10. The zero-order valence-electron chi connectivity index (χ0n) is 13.7. The van der Waals surface area contributed by atoms with E-state index in [1.165, 1.54) is 12.1 Å². The van der Waals surface area contributed by atoms with Gasteiger partial charge in [-0.15, -0.1) is 0 Å². The zero-order valence-corrected chi connectivity index (χ0v) is 13.7. The first-order chi connectivity index (χ1) is 11.6. The van der Waals surface area contributed by atoms with Gasteiger partial charge in [-0.3, -0.25) is 4.79 Å². The molecule has 4 nitrogen and oxygen atoms in total. The van der Waals surface area contributed by atoms with Gasteiger partial charge in [0.25, 0.3) is 5.91 Å². The number of rotatable bonds is 5. The van der Waals surface area contributed by atoms with Crippen LogP contribution in [0.1, 0.15) is 21.6 Å². The summed E-state index contributed by atoms with van der Waals surface area (Å²) in [5, 5.41) is 3.87. The van der Waals surface area contributed by atoms with Crippen LogP contribution < -0.4 is 10.1 Å². The van der Waals surface area contributed by atoms with Crippen LogP contribution in [0.15, 0.2) is 42.5 Å². The molecule has 0 aliphatic heterocycles. The number of amides is 1. The topological polar surface area (TPSA) is 54.1 Å². The number of ether oxygens (including phenoxy) is 1. The van der Waals surface area contributed by atoms with Gasteiger partial charge in [0.15, 0.2) is 0 Å². The predicted octanol–water partition coefficient (Wildman–Crippen LogP) is 3.60. The van der Waals surface area contributed by atoms with Crippen molar-refractivity contribution in [2.45, 2.75) is 13.3 Å². The molecule has 0 radical (unpaired) electrons. The highest BCUT2D eigenvalue weighted by Gasteiger charge is 2.14. The summed E-state index contributed by atoms with van der Waals surface area (Å²) in [7, 11) is 1.62. The molecule has 0 atom stereocenters. The summed E-state index contributed by atoms with van der Waals surface area (Å²) in [6.45, 7) is 2.40. The fraction of sp³-hybridized carbons (Fsp3) is 0.211. The van der Waals surface area contributed by atoms with Crippen LogP contribution in [0.5, 0.6) is 5.75 Å². The van der Waals surface area contributed by atoms with Crippen LogP contribution in [0.3, 0.4) is 0 Å². The monoisotopic (exact) mass is 326 g/mol. The number of aromatic nitrogens is 1. The smallest absolute Gasteiger partial charge is 0.268 e. The van der Waals surface area contributed by atoms with E-state index in [-0.39, 0.29) is 11.7 Å². The minimum absolute atomic E-state index is 0.148. The molecule has 3 aromatic rings. The van der Waals surface area contributed by atoms with Crippen molar-refractivity contribution in [1.29, 1.82) is 0 Å². The van der Waals surface area contributed by atoms with Crippen molar-refractivity contribution in [2.24, 2.45) is 0 Å². The lowest BCUT2D eigenvalue weighted by Crippen LogP contribution is -2.26. The number of halogens is 1. The molecular weight excluding hydrogens is 307 g/mol. The highest BCUT2D eigenvalue weighted by molar-refractivity contribution is 6.01. The number of carbonyl (C=O) groups is 1. The first kappa shape index (κ1) is 16.1. The lowest BCUT2D eigenvalue weighted by atomic mass is 10.1. The van der Waals surface area contributed by atoms with Gasteiger partial charge in [0.05, 0.1) is 7.11 Å². The minimum Gasteiger partial charge on any atom is -0.497 e. The van der Waals surface area contributed by atoms with Gasteiger partial charge in [-0.05, 0) is 54.8 Å². The third-order valence-corrected chi connectivity index (χ3v) is 4.10. The summed E-state index contributed by atoms with van der Waals surface area (Å²) < 4.78 is 18.1. The molecule has 24 heavy (non-hydrogen) atoms. The standard InChI is InChI=1S/C19H19FN2O2/c1-12-16-11-15(24-2)7-8-17(16)22-18(12)19(23)21-10-9-13-3-5-14(20)6-4-13/h3-8,11,22H,9-10H2,1-2H3,(H,21,23). The lowest BCUT2D eigenvalue weighted by molar-refractivity contribution is 0.0949. The molecule has 0 aliphatic rings. The first-order valence-corrected chi connectivity index (χ1v) is 7.77. The van der Waals surface area contributed by atoms with Gasteiger partial charge >= 0.3 is 0 Å². The zero-order chi connectivity index (χ0) is 17.1. The third kappa shape index (κ3) is 3.25. The molecule has 0 unspecified atom stereocenters. The number of fused-ring (bicyclic) bond motifs is 1. The fourth-order valence-electron chi connectivity index (χ4n) is 2.72. The van der Waals surface area contributed by atoms with Crippen molar-refractivity contribution < 1.29 is 13.9 Å². The maximum Gasteiger partial charge on any atom is 0.268 e. The SMILES string of the molecule is COc1ccc2[nH]c(C(=O)NCCc3ccc(F)cc3)c(C)c2c1. The molecule has 1 heterocycles. The Morgan fingerprint density at radius 3 is 2.67 bits per heavy atom. The Hall–Kier alpha value is -2.82. The average molecular weight is 326 g/mol. The second kappa shape index (κ2) is 6.74. The predicted molar refractivity (Wildman–Crippen MR) is 92.0 cm³/mol. The van der Waals surface area contributed by atoms with Crippen LogP contribution in [-0.2, 0) is 6.42 Å². The molecule has 1 amide bonds. The lowest BCUT2D eigenvalue weighted by Gasteiger charge is -2.05. The van der Waals surface area contributed by atoms with E-state index in [1.807, 2.05) is 25.1 Å². The number of methoxy groups -OCH3 is 1. The van der Waals surface area contributed by atoms with E-state index < -0.39 is 0 Å². The quantitative estimate of drug-likeness (QED) is 0.753. The van der Waals surface area contributed by atoms with E-state index in [4.69, 9.17) is 4.74 Å². The van der Waals surface area contributed by atoms with Crippen molar-refractivity contribution in [3.63, 3.8) is 0 Å². The molecule has 5 heteroatoms. The van der Waals surface area contributed by atoms with Gasteiger partial charge in [-0.1, -0.05) is 12.1 Å². The van der Waals surface area contributed by atoms with Crippen LogP contribution in [0.2, 0.25) is 0 Å². The summed E-state index contributed by atoms with van der Waals surface area (Å²) in [5.41, 5.74) is 3.33. The molecule has 0 aliphatic carbocycles. The van der Waals surface area contributed by atoms with Gasteiger partial charge in [-0.25, -0.2) is 4.39 Å². The molecule has 0 saturated heterocycles. The van der Waals surface area contributed by atoms with E-state index in [9.17, 15) is 9.18 Å². The number of nitrogens with one attached hydrogen (secondary N) is 2. The number of hydrogen-bond acceptors (Lipinski definition) is 2. The first-order valence-electron chi connectivity index (χ1n) is 7.77. The van der Waals surface area contributed by atoms with Gasteiger partial charge in [0, 0.05) is 17.4 Å². The van der Waals surface area contributed by atoms with Gasteiger partial charge in [0.1, 0.15) is 17.3 Å². The summed E-state index contributed by atoms with van der Waals surface area (Å²) in [5.74, 6) is 0.351. The van der Waals surface area contributed by atoms with Crippen LogP contribution in [0.4, 0.5) is 4.39 Å². The van der Waals surface area contributed by atoms with Crippen molar-refractivity contribution in [3.05, 3.63) is 65.1 Å². The summed E-state index contributed by atoms with van der Waals surface area (Å²) in [6.07, 6.45) is 0.652. The van der Waals surface area contributed by atoms with Gasteiger partial charge in [0.2, 0.25) is 0 Å². The van der Waals surface area contributed by atoms with Crippen LogP contribution in [0.25, 0.3) is 10.9 Å². The molecule has 2 N–H and O–H groups in total. The molecular formula is C19H19FN2O2. The largest absolute Gasteiger partial charge is 0.497 e. The highest BCUT2D eigenvalue weighted by atomic mass is 19.1. The molecule has 0 spiro atoms. The maximum atomic E-state index is 12.9. The number of aryl methyl sites for hydroxylation is 1. The van der Waals surface area contributed by atoms with E-state index in [1.54, 1.807) is 19.2 Å². The molecule has 0 fully saturated rings. The van der Waals surface area contributed by atoms with Crippen LogP contribution >= 0.6 is 0 Å². The van der Waals surface area contributed by atoms with E-state index in [2.05, 4.69) is 10.3 Å². The molecule has 2 aromatic carbocycles. The average Bonchev–Trinajstić information content (AvgIpc) is 2.93. The van der Waals surface area contributed by atoms with Crippen molar-refractivity contribution in [2.75, 3.05) is 13.7 Å². The van der Waals surface area contributed by atoms with Gasteiger partial charge < -0.3 is 15.0 Å². The second-order valence-corrected chi connectivity index (χ2v) is 5.67. The van der Waals surface area contributed by atoms with E-state index in [0.29, 0.717) is 18.7 Å². The molecule has 1 aromatic heterocycles.